The van der Waals surface area contributed by atoms with Crippen molar-refractivity contribution in [2.75, 3.05) is 32.8 Å². The third kappa shape index (κ3) is 3.61. The largest absolute Gasteiger partial charge is 0.375 e. The van der Waals surface area contributed by atoms with Crippen molar-refractivity contribution >= 4 is 0 Å². The molecule has 2 saturated heterocycles. The van der Waals surface area contributed by atoms with Gasteiger partial charge in [0.1, 0.15) is 0 Å². The van der Waals surface area contributed by atoms with Gasteiger partial charge in [0.2, 0.25) is 0 Å². The van der Waals surface area contributed by atoms with Crippen LogP contribution >= 0.6 is 0 Å². The summed E-state index contributed by atoms with van der Waals surface area (Å²) in [6.45, 7) is 7.22. The minimum atomic E-state index is 0.165. The number of rotatable bonds is 4. The van der Waals surface area contributed by atoms with E-state index in [9.17, 15) is 0 Å². The number of hydrogen-bond acceptors (Lipinski definition) is 4. The van der Waals surface area contributed by atoms with E-state index < -0.39 is 0 Å². The predicted molar refractivity (Wildman–Crippen MR) is 84.3 cm³/mol. The summed E-state index contributed by atoms with van der Waals surface area (Å²) in [7, 11) is 0. The molecule has 1 aliphatic carbocycles. The summed E-state index contributed by atoms with van der Waals surface area (Å²) >= 11 is 0. The number of hydrogen-bond donors (Lipinski definition) is 1. The van der Waals surface area contributed by atoms with Crippen LogP contribution in [-0.2, 0) is 9.47 Å². The van der Waals surface area contributed by atoms with Crippen LogP contribution in [0.25, 0.3) is 0 Å². The molecule has 1 spiro atoms. The summed E-state index contributed by atoms with van der Waals surface area (Å²) in [6.07, 6.45) is 8.82. The van der Waals surface area contributed by atoms with Crippen molar-refractivity contribution in [3.63, 3.8) is 0 Å². The van der Waals surface area contributed by atoms with E-state index in [1.807, 2.05) is 0 Å². The highest BCUT2D eigenvalue weighted by Crippen LogP contribution is 2.43. The van der Waals surface area contributed by atoms with Crippen molar-refractivity contribution in [3.05, 3.63) is 0 Å². The SMILES string of the molecule is CCCN1CCOC(C(N)C2CCOC3(CCCC3)C2)C1. The summed E-state index contributed by atoms with van der Waals surface area (Å²) in [5.74, 6) is 0.573. The standard InChI is InChI=1S/C17H32N2O2/c1-2-8-19-9-11-20-15(13-19)16(18)14-5-10-21-17(12-14)6-3-4-7-17/h14-16H,2-13,18H2,1H3. The lowest BCUT2D eigenvalue weighted by Gasteiger charge is -2.44. The first-order chi connectivity index (χ1) is 10.2. The van der Waals surface area contributed by atoms with E-state index in [4.69, 9.17) is 15.2 Å². The van der Waals surface area contributed by atoms with Crippen LogP contribution in [-0.4, -0.2) is 55.5 Å². The fourth-order valence-corrected chi connectivity index (χ4v) is 4.55. The molecule has 122 valence electrons. The second kappa shape index (κ2) is 6.95. The maximum Gasteiger partial charge on any atom is 0.0855 e. The Kier molecular flexibility index (Phi) is 5.20. The molecule has 3 fully saturated rings. The summed E-state index contributed by atoms with van der Waals surface area (Å²) in [5.41, 5.74) is 6.79. The Bertz CT molecular complexity index is 329. The molecule has 2 aliphatic heterocycles. The average molecular weight is 296 g/mol. The van der Waals surface area contributed by atoms with Crippen molar-refractivity contribution in [2.24, 2.45) is 11.7 Å². The van der Waals surface area contributed by atoms with Gasteiger partial charge in [-0.2, -0.15) is 0 Å². The molecule has 3 rings (SSSR count). The highest BCUT2D eigenvalue weighted by molar-refractivity contribution is 4.96. The topological polar surface area (TPSA) is 47.7 Å². The highest BCUT2D eigenvalue weighted by atomic mass is 16.5. The van der Waals surface area contributed by atoms with Crippen LogP contribution in [0.5, 0.6) is 0 Å². The third-order valence-corrected chi connectivity index (χ3v) is 5.74. The Morgan fingerprint density at radius 1 is 1.29 bits per heavy atom. The maximum atomic E-state index is 6.63. The van der Waals surface area contributed by atoms with E-state index >= 15 is 0 Å². The first kappa shape index (κ1) is 15.7. The lowest BCUT2D eigenvalue weighted by atomic mass is 9.79. The molecule has 2 heterocycles. The van der Waals surface area contributed by atoms with Gasteiger partial charge in [0.25, 0.3) is 0 Å². The molecule has 2 N–H and O–H groups in total. The van der Waals surface area contributed by atoms with Crippen molar-refractivity contribution < 1.29 is 9.47 Å². The molecule has 0 aromatic heterocycles. The zero-order valence-corrected chi connectivity index (χ0v) is 13.6. The van der Waals surface area contributed by atoms with E-state index in [0.717, 1.165) is 39.1 Å². The van der Waals surface area contributed by atoms with E-state index in [1.54, 1.807) is 0 Å². The van der Waals surface area contributed by atoms with Crippen LogP contribution in [0.1, 0.15) is 51.9 Å². The maximum absolute atomic E-state index is 6.63. The normalized spacial score (nSPS) is 35.1. The van der Waals surface area contributed by atoms with E-state index in [2.05, 4.69) is 11.8 Å². The third-order valence-electron chi connectivity index (χ3n) is 5.74. The van der Waals surface area contributed by atoms with Crippen molar-refractivity contribution in [3.8, 4) is 0 Å². The Morgan fingerprint density at radius 2 is 2.10 bits per heavy atom. The van der Waals surface area contributed by atoms with Crippen LogP contribution in [0.4, 0.5) is 0 Å². The van der Waals surface area contributed by atoms with Gasteiger partial charge in [-0.15, -0.1) is 0 Å². The zero-order chi connectivity index (χ0) is 14.7. The molecule has 3 unspecified atom stereocenters. The highest BCUT2D eigenvalue weighted by Gasteiger charge is 2.43. The molecule has 3 aliphatic rings. The van der Waals surface area contributed by atoms with Gasteiger partial charge >= 0.3 is 0 Å². The predicted octanol–water partition coefficient (Wildman–Crippen LogP) is 2.16. The average Bonchev–Trinajstić information content (AvgIpc) is 2.95. The number of nitrogens with two attached hydrogens (primary N) is 1. The monoisotopic (exact) mass is 296 g/mol. The summed E-state index contributed by atoms with van der Waals surface area (Å²) < 4.78 is 12.2. The second-order valence-electron chi connectivity index (χ2n) is 7.28. The van der Waals surface area contributed by atoms with Gasteiger partial charge in [-0.05, 0) is 44.6 Å². The number of morpholine rings is 1. The van der Waals surface area contributed by atoms with Gasteiger partial charge in [0, 0.05) is 25.7 Å². The smallest absolute Gasteiger partial charge is 0.0855 e. The summed E-state index contributed by atoms with van der Waals surface area (Å²) in [6, 6.07) is 0.172. The summed E-state index contributed by atoms with van der Waals surface area (Å²) in [4.78, 5) is 2.51. The first-order valence-electron chi connectivity index (χ1n) is 8.96. The van der Waals surface area contributed by atoms with E-state index in [0.29, 0.717) is 5.92 Å². The van der Waals surface area contributed by atoms with Gasteiger partial charge in [-0.25, -0.2) is 0 Å². The Balaban J connectivity index is 1.57. The fourth-order valence-electron chi connectivity index (χ4n) is 4.55. The van der Waals surface area contributed by atoms with Crippen LogP contribution in [0.15, 0.2) is 0 Å². The van der Waals surface area contributed by atoms with Crippen LogP contribution in [0.3, 0.4) is 0 Å². The quantitative estimate of drug-likeness (QED) is 0.863. The van der Waals surface area contributed by atoms with Crippen LogP contribution < -0.4 is 5.73 Å². The number of ether oxygens (including phenoxy) is 2. The van der Waals surface area contributed by atoms with Crippen LogP contribution in [0, 0.1) is 5.92 Å². The summed E-state index contributed by atoms with van der Waals surface area (Å²) in [5, 5.41) is 0. The molecule has 0 amide bonds. The van der Waals surface area contributed by atoms with Gasteiger partial charge in [0.15, 0.2) is 0 Å². The first-order valence-corrected chi connectivity index (χ1v) is 8.96. The lowest BCUT2D eigenvalue weighted by molar-refractivity contribution is -0.113. The number of nitrogens with zero attached hydrogens (tertiary/aromatic N) is 1. The lowest BCUT2D eigenvalue weighted by Crippen LogP contribution is -2.55. The minimum absolute atomic E-state index is 0.165. The molecule has 21 heavy (non-hydrogen) atoms. The van der Waals surface area contributed by atoms with Gasteiger partial charge in [0.05, 0.1) is 18.3 Å². The van der Waals surface area contributed by atoms with Crippen molar-refractivity contribution in [1.29, 1.82) is 0 Å². The Morgan fingerprint density at radius 3 is 2.86 bits per heavy atom. The van der Waals surface area contributed by atoms with Gasteiger partial charge < -0.3 is 15.2 Å². The van der Waals surface area contributed by atoms with Crippen LogP contribution in [0.2, 0.25) is 0 Å². The molecule has 0 bridgehead atoms. The second-order valence-corrected chi connectivity index (χ2v) is 7.28. The molecule has 3 atom stereocenters. The molecule has 0 aromatic carbocycles. The minimum Gasteiger partial charge on any atom is -0.375 e. The van der Waals surface area contributed by atoms with Crippen molar-refractivity contribution in [1.82, 2.24) is 4.90 Å². The molecule has 1 saturated carbocycles. The Hall–Kier alpha value is -0.160. The Labute approximate surface area is 129 Å². The molecule has 0 radical (unpaired) electrons. The fraction of sp³-hybridized carbons (Fsp3) is 1.00. The van der Waals surface area contributed by atoms with Gasteiger partial charge in [-0.3, -0.25) is 4.90 Å². The van der Waals surface area contributed by atoms with Crippen molar-refractivity contribution in [2.45, 2.75) is 69.6 Å². The zero-order valence-electron chi connectivity index (χ0n) is 13.6. The molecule has 4 heteroatoms. The van der Waals surface area contributed by atoms with Gasteiger partial charge in [-0.1, -0.05) is 19.8 Å². The van der Waals surface area contributed by atoms with E-state index in [1.165, 1.54) is 38.6 Å². The molecule has 4 nitrogen and oxygen atoms in total. The molecular formula is C17H32N2O2. The molecule has 0 aromatic rings. The molecular weight excluding hydrogens is 264 g/mol. The van der Waals surface area contributed by atoms with E-state index in [-0.39, 0.29) is 17.7 Å².